The summed E-state index contributed by atoms with van der Waals surface area (Å²) in [6, 6.07) is 8.27. The van der Waals surface area contributed by atoms with Crippen LogP contribution in [0.3, 0.4) is 0 Å². The van der Waals surface area contributed by atoms with Gasteiger partial charge in [-0.3, -0.25) is 56.2 Å². The minimum atomic E-state index is -5.99. The molecule has 0 spiro atoms. The number of benzene rings is 1. The van der Waals surface area contributed by atoms with Crippen LogP contribution in [0.5, 0.6) is 0 Å². The molecule has 14 unspecified atom stereocenters. The first-order valence-corrected chi connectivity index (χ1v) is 47.2. The van der Waals surface area contributed by atoms with Crippen molar-refractivity contribution in [2.75, 3.05) is 64.1 Å². The van der Waals surface area contributed by atoms with Crippen molar-refractivity contribution in [1.82, 2.24) is 60.3 Å². The van der Waals surface area contributed by atoms with Crippen molar-refractivity contribution in [2.24, 2.45) is 21.7 Å². The quantitative estimate of drug-likeness (QED) is 0.0155. The van der Waals surface area contributed by atoms with Crippen LogP contribution in [0, 0.1) is 21.7 Å². The molecule has 4 amide bonds. The number of carbonyl (C=O) groups excluding carboxylic acids is 6. The fourth-order valence-corrected chi connectivity index (χ4v) is 18.4. The highest BCUT2D eigenvalue weighted by molar-refractivity contribution is 7.60. The molecule has 0 saturated carbocycles. The van der Waals surface area contributed by atoms with Crippen LogP contribution in [0.1, 0.15) is 169 Å². The van der Waals surface area contributed by atoms with Crippen molar-refractivity contribution in [3.8, 4) is 0 Å². The fraction of sp³-hybridized carbons (Fsp3) is 0.676. The molecule has 5 aromatic rings. The number of nitrogens with two attached hydrogens (primary N) is 2. The highest BCUT2D eigenvalue weighted by Gasteiger charge is 2.50. The van der Waals surface area contributed by atoms with E-state index in [0.29, 0.717) is 12.8 Å². The lowest BCUT2D eigenvalue weighted by molar-refractivity contribution is -0.348. The van der Waals surface area contributed by atoms with Gasteiger partial charge in [-0.2, -0.15) is 0 Å². The number of imidazole rings is 2. The predicted molar refractivity (Wildman–Crippen MR) is 408 cm³/mol. The van der Waals surface area contributed by atoms with Crippen molar-refractivity contribution in [3.63, 3.8) is 0 Å². The Morgan fingerprint density at radius 3 is 1.17 bits per heavy atom. The smallest absolute Gasteiger partial charge is 0.274 e. The van der Waals surface area contributed by atoms with Gasteiger partial charge in [-0.25, -0.2) is 38.5 Å². The number of amides is 4. The molecule has 2 aliphatic heterocycles. The third-order valence-corrected chi connectivity index (χ3v) is 26.1. The molecule has 2 fully saturated rings. The summed E-state index contributed by atoms with van der Waals surface area (Å²) in [5.74, 6) is -3.53. The molecule has 122 heavy (non-hydrogen) atoms. The maximum absolute atomic E-state index is 13.3. The Morgan fingerprint density at radius 1 is 0.484 bits per heavy atom. The maximum Gasteiger partial charge on any atom is 0.274 e. The number of unbranched alkanes of at least 4 members (excludes halogenated alkanes) is 6. The van der Waals surface area contributed by atoms with E-state index in [4.69, 9.17) is 20.9 Å². The number of aromatic nitrogens is 8. The number of hydrogen-bond donors (Lipinski definition) is 10. The van der Waals surface area contributed by atoms with Crippen LogP contribution in [0.15, 0.2) is 49.6 Å². The van der Waals surface area contributed by atoms with Crippen LogP contribution in [0.4, 0.5) is 11.6 Å². The number of ketones is 2. The number of rotatable bonds is 54. The molecule has 0 aliphatic carbocycles. The number of phosphoric ester groups is 6. The Labute approximate surface area is 700 Å². The molecule has 12 N–H and O–H groups in total. The van der Waals surface area contributed by atoms with Crippen LogP contribution in [0.25, 0.3) is 22.3 Å². The van der Waals surface area contributed by atoms with E-state index in [0.717, 1.165) is 98.7 Å². The second-order valence-electron chi connectivity index (χ2n) is 31.7. The first-order chi connectivity index (χ1) is 56.6. The molecule has 686 valence electrons. The zero-order valence-electron chi connectivity index (χ0n) is 67.8. The summed E-state index contributed by atoms with van der Waals surface area (Å²) < 4.78 is 123. The van der Waals surface area contributed by atoms with Crippen LogP contribution in [0.2, 0.25) is 0 Å². The number of Topliss-reactive ketones (excluding diaryl/α,β-unsaturated/α-hetero) is 2. The van der Waals surface area contributed by atoms with Gasteiger partial charge >= 0.3 is 0 Å². The Hall–Kier alpha value is -6.36. The van der Waals surface area contributed by atoms with Gasteiger partial charge in [0.25, 0.3) is 31.3 Å². The van der Waals surface area contributed by atoms with Gasteiger partial charge in [0, 0.05) is 73.5 Å². The predicted octanol–water partition coefficient (Wildman–Crippen LogP) is -1.58. The van der Waals surface area contributed by atoms with Gasteiger partial charge in [0.05, 0.1) is 54.7 Å². The fourth-order valence-electron chi connectivity index (χ4n) is 12.9. The molecular formula is C68H102N14O34P6-8. The highest BCUT2D eigenvalue weighted by Crippen LogP contribution is 2.58. The van der Waals surface area contributed by atoms with Crippen molar-refractivity contribution < 1.29 is 161 Å². The highest BCUT2D eigenvalue weighted by atomic mass is 31.3. The number of nitrogen functional groups attached to an aromatic ring is 2. The number of carbonyl (C=O) groups is 6. The number of phosphoric acid groups is 6. The molecular weight excluding hydrogens is 1740 g/mol. The molecule has 2 saturated heterocycles. The number of aryl methyl sites for hydroxylation is 2. The Balaban J connectivity index is 0.691. The first kappa shape index (κ1) is 103. The topological polar surface area (TPSA) is 750 Å². The van der Waals surface area contributed by atoms with E-state index < -0.39 is 180 Å². The summed E-state index contributed by atoms with van der Waals surface area (Å²) in [6.45, 7) is 6.81. The second-order valence-corrected chi connectivity index (χ2v) is 39.8. The second kappa shape index (κ2) is 43.9. The third-order valence-electron chi connectivity index (χ3n) is 20.1. The summed E-state index contributed by atoms with van der Waals surface area (Å²) in [6.07, 6.45) is -5.66. The van der Waals surface area contributed by atoms with Crippen molar-refractivity contribution in [1.29, 1.82) is 0 Å². The minimum Gasteiger partial charge on any atom is -0.790 e. The lowest BCUT2D eigenvalue weighted by Gasteiger charge is -2.36. The molecule has 54 heteroatoms. The number of fused-ring (bicyclic) bond motifs is 2. The third kappa shape index (κ3) is 31.3. The average Bonchev–Trinajstić information content (AvgIpc) is 1.62. The number of aliphatic hydroxyl groups excluding tert-OH is 4. The monoisotopic (exact) mass is 1840 g/mol. The molecule has 1 aromatic carbocycles. The minimum absolute atomic E-state index is 0.0128. The standard InChI is InChI=1S/C68H110N14O34P6/c1-65(2,45(83)23-29-71-47(85)25-31-73-61(91)55(89)67(5,6)35-109-121(103,104)115-119(99,100)107-33-43-53(113-117(93,94)95)51(87)63(111-43)81-39-79-49-57(69)75-37-77-59(49)81)27-17-11-9-13-19-41-21-15-16-22-42(41)20-14-10-12-18-28-66(3,4)46(84)24-30-72-48(86)26-32-74-62(92)56(90)68(7,8)36-110-122(105,106)116-120(101,102)108-34-44-54(114-118(96,97)98)52(88)64(112-44)82-40-80-50-58(70)76-38-78-60(50)82/h15-16,21-22,37-40,43-44,51-56,63-64,87-90H,9-14,17-20,23-36H2,1-8H3,(H,71,85)(H,72,86)(H,73,91)(H,74,92)(H,99,100)(H,101,102)(H,103,104)(H,105,106)(H2,69,75,77)(H2,70,76,78)(H2,93,94,95)(H2,96,97,98)/p-8. The van der Waals surface area contributed by atoms with E-state index >= 15 is 0 Å². The molecule has 2 aliphatic rings. The number of hydrogen-bond acceptors (Lipinski definition) is 42. The summed E-state index contributed by atoms with van der Waals surface area (Å²) in [7, 11) is -35.6. The Kier molecular flexibility index (Phi) is 37.0. The Bertz CT molecular complexity index is 4430. The number of ether oxygens (including phenoxy) is 2. The van der Waals surface area contributed by atoms with Crippen LogP contribution >= 0.6 is 46.9 Å². The molecule has 0 radical (unpaired) electrons. The van der Waals surface area contributed by atoms with Crippen LogP contribution in [-0.2, 0) is 114 Å². The Morgan fingerprint density at radius 2 is 0.820 bits per heavy atom. The molecule has 4 aromatic heterocycles. The SMILES string of the molecule is CC(C)(CCCCCCc1ccccc1CCCCCCC(C)(C)C(=O)CCNC(=O)CCNC(=O)C(O)C(C)(C)COP(=O)([O-])OP(=O)([O-])OCC1OC(n2cnc3c(N)ncnc32)C(O)C1OP(=O)([O-])[O-])C(=O)CCNC(=O)CCNC(=O)C(O)C(C)(C)COP(=O)([O-])OP(=O)([O-])OCC1OC(n2cnc3c(N)ncnc32)C(O)C1OP(=O)([O-])[O-]. The van der Waals surface area contributed by atoms with Crippen molar-refractivity contribution in [3.05, 3.63) is 60.7 Å². The van der Waals surface area contributed by atoms with E-state index in [1.165, 1.54) is 38.8 Å². The molecule has 48 nitrogen and oxygen atoms in total. The van der Waals surface area contributed by atoms with Gasteiger partial charge in [0.1, 0.15) is 84.1 Å². The van der Waals surface area contributed by atoms with Crippen LogP contribution in [-0.4, -0.2) is 196 Å². The van der Waals surface area contributed by atoms with Gasteiger partial charge in [-0.1, -0.05) is 118 Å². The lowest BCUT2D eigenvalue weighted by atomic mass is 9.81. The molecule has 6 heterocycles. The van der Waals surface area contributed by atoms with Gasteiger partial charge in [-0.05, 0) is 49.7 Å². The van der Waals surface area contributed by atoms with Gasteiger partial charge in [0.2, 0.25) is 23.6 Å². The van der Waals surface area contributed by atoms with Gasteiger partial charge in [0.15, 0.2) is 35.4 Å². The largest absolute Gasteiger partial charge is 0.790 e. The number of nitrogens with zero attached hydrogens (tertiary/aromatic N) is 8. The van der Waals surface area contributed by atoms with Gasteiger partial charge in [-0.15, -0.1) is 0 Å². The van der Waals surface area contributed by atoms with Crippen LogP contribution < -0.4 is 71.9 Å². The zero-order valence-corrected chi connectivity index (χ0v) is 73.2. The summed E-state index contributed by atoms with van der Waals surface area (Å²) in [5, 5.41) is 53.3. The first-order valence-electron chi connectivity index (χ1n) is 38.4. The maximum atomic E-state index is 13.3. The van der Waals surface area contributed by atoms with E-state index in [1.54, 1.807) is 0 Å². The molecule has 0 bridgehead atoms. The molecule has 7 rings (SSSR count). The van der Waals surface area contributed by atoms with E-state index in [2.05, 4.69) is 99.1 Å². The summed E-state index contributed by atoms with van der Waals surface area (Å²) in [4.78, 5) is 198. The zero-order chi connectivity index (χ0) is 90.8. The molecule has 14 atom stereocenters. The summed E-state index contributed by atoms with van der Waals surface area (Å²) >= 11 is 0. The number of aliphatic hydroxyl groups is 4. The number of anilines is 2. The normalized spacial score (nSPS) is 21.3. The van der Waals surface area contributed by atoms with Crippen molar-refractivity contribution in [2.45, 2.75) is 219 Å². The van der Waals surface area contributed by atoms with E-state index in [1.807, 2.05) is 39.8 Å². The van der Waals surface area contributed by atoms with Gasteiger partial charge < -0.3 is 138 Å². The van der Waals surface area contributed by atoms with E-state index in [9.17, 15) is 116 Å². The summed E-state index contributed by atoms with van der Waals surface area (Å²) in [5.41, 5.74) is 9.15. The van der Waals surface area contributed by atoms with E-state index in [-0.39, 0.29) is 97.4 Å². The lowest BCUT2D eigenvalue weighted by Crippen LogP contribution is -2.46. The van der Waals surface area contributed by atoms with Crippen molar-refractivity contribution >= 4 is 116 Å². The average molecular weight is 1850 g/mol. The number of nitrogens with one attached hydrogen (secondary N) is 4.